The summed E-state index contributed by atoms with van der Waals surface area (Å²) in [5.74, 6) is 0.454. The highest BCUT2D eigenvalue weighted by atomic mass is 16.5. The van der Waals surface area contributed by atoms with Crippen LogP contribution in [0.2, 0.25) is 0 Å². The number of aromatic nitrogens is 1. The number of aliphatic hydroxyl groups is 1. The van der Waals surface area contributed by atoms with E-state index in [1.165, 1.54) is 19.3 Å². The number of ether oxygens (including phenoxy) is 1. The van der Waals surface area contributed by atoms with E-state index >= 15 is 0 Å². The lowest BCUT2D eigenvalue weighted by molar-refractivity contribution is -0.0161. The van der Waals surface area contributed by atoms with Crippen molar-refractivity contribution >= 4 is 5.91 Å². The van der Waals surface area contributed by atoms with Gasteiger partial charge in [-0.05, 0) is 25.7 Å². The first-order valence-electron chi connectivity index (χ1n) is 8.56. The average molecular weight is 322 g/mol. The van der Waals surface area contributed by atoms with E-state index in [9.17, 15) is 9.90 Å². The molecular formula is C17H26N2O4. The Morgan fingerprint density at radius 2 is 2.04 bits per heavy atom. The zero-order valence-corrected chi connectivity index (χ0v) is 13.9. The molecule has 0 radical (unpaired) electrons. The van der Waals surface area contributed by atoms with Crippen LogP contribution in [0.1, 0.15) is 67.1 Å². The predicted octanol–water partition coefficient (Wildman–Crippen LogP) is 2.33. The van der Waals surface area contributed by atoms with Crippen molar-refractivity contribution in [2.24, 2.45) is 0 Å². The van der Waals surface area contributed by atoms with Crippen molar-refractivity contribution in [3.63, 3.8) is 0 Å². The summed E-state index contributed by atoms with van der Waals surface area (Å²) in [6, 6.07) is 1.54. The summed E-state index contributed by atoms with van der Waals surface area (Å²) in [6.07, 6.45) is 6.57. The van der Waals surface area contributed by atoms with Crippen molar-refractivity contribution in [2.75, 3.05) is 14.2 Å². The number of carbonyl (C=O) groups excluding carboxylic acids is 1. The summed E-state index contributed by atoms with van der Waals surface area (Å²) >= 11 is 0. The number of hydrogen-bond donors (Lipinski definition) is 1. The van der Waals surface area contributed by atoms with Crippen LogP contribution in [-0.2, 0) is 4.74 Å². The molecule has 6 heteroatoms. The number of methoxy groups -OCH3 is 1. The minimum absolute atomic E-state index is 0.206. The van der Waals surface area contributed by atoms with E-state index in [-0.39, 0.29) is 23.8 Å². The number of rotatable bonds is 4. The fraction of sp³-hybridized carbons (Fsp3) is 0.765. The van der Waals surface area contributed by atoms with Crippen molar-refractivity contribution in [1.82, 2.24) is 10.1 Å². The molecule has 0 aliphatic heterocycles. The van der Waals surface area contributed by atoms with Crippen LogP contribution in [0.3, 0.4) is 0 Å². The maximum absolute atomic E-state index is 12.6. The average Bonchev–Trinajstić information content (AvgIpc) is 3.21. The topological polar surface area (TPSA) is 75.8 Å². The van der Waals surface area contributed by atoms with Crippen molar-refractivity contribution in [1.29, 1.82) is 0 Å². The molecule has 2 saturated carbocycles. The molecular weight excluding hydrogens is 296 g/mol. The Hall–Kier alpha value is -1.40. The Morgan fingerprint density at radius 1 is 1.30 bits per heavy atom. The van der Waals surface area contributed by atoms with Gasteiger partial charge in [-0.3, -0.25) is 4.79 Å². The first kappa shape index (κ1) is 16.5. The van der Waals surface area contributed by atoms with Crippen LogP contribution in [0.15, 0.2) is 10.6 Å². The summed E-state index contributed by atoms with van der Waals surface area (Å²) in [5.41, 5.74) is 0.892. The molecule has 1 aromatic heterocycles. The van der Waals surface area contributed by atoms with E-state index in [0.717, 1.165) is 31.4 Å². The Labute approximate surface area is 136 Å². The van der Waals surface area contributed by atoms with Crippen molar-refractivity contribution in [2.45, 2.75) is 69.1 Å². The van der Waals surface area contributed by atoms with E-state index in [1.54, 1.807) is 25.1 Å². The number of likely N-dealkylation sites (N-methyl/N-ethyl adjacent to an activating group) is 1. The minimum atomic E-state index is -0.658. The summed E-state index contributed by atoms with van der Waals surface area (Å²) in [4.78, 5) is 14.2. The van der Waals surface area contributed by atoms with Gasteiger partial charge in [-0.25, -0.2) is 0 Å². The van der Waals surface area contributed by atoms with Crippen LogP contribution in [-0.4, -0.2) is 53.5 Å². The summed E-state index contributed by atoms with van der Waals surface area (Å²) in [7, 11) is 3.29. The number of amides is 1. The van der Waals surface area contributed by atoms with Crippen LogP contribution in [0.4, 0.5) is 0 Å². The third-order valence-corrected chi connectivity index (χ3v) is 5.41. The van der Waals surface area contributed by atoms with Gasteiger partial charge in [-0.2, -0.15) is 0 Å². The van der Waals surface area contributed by atoms with Gasteiger partial charge < -0.3 is 19.3 Å². The molecule has 0 aromatic carbocycles. The second kappa shape index (κ2) is 7.01. The molecule has 1 aromatic rings. The maximum atomic E-state index is 12.6. The number of hydrogen-bond acceptors (Lipinski definition) is 5. The Morgan fingerprint density at radius 3 is 2.70 bits per heavy atom. The number of aliphatic hydroxyl groups excluding tert-OH is 1. The second-order valence-corrected chi connectivity index (χ2v) is 6.78. The molecule has 2 aliphatic rings. The monoisotopic (exact) mass is 322 g/mol. The highest BCUT2D eigenvalue weighted by Crippen LogP contribution is 2.33. The van der Waals surface area contributed by atoms with Crippen molar-refractivity contribution < 1.29 is 19.2 Å². The highest BCUT2D eigenvalue weighted by molar-refractivity contribution is 5.91. The van der Waals surface area contributed by atoms with Gasteiger partial charge in [0.25, 0.3) is 5.91 Å². The molecule has 128 valence electrons. The fourth-order valence-corrected chi connectivity index (χ4v) is 3.91. The lowest BCUT2D eigenvalue weighted by Gasteiger charge is -2.27. The standard InChI is InChI=1S/C17H26N2O4/c1-19(13-8-9-14(22-2)16(13)20)17(21)15-10-12(18-23-15)11-6-4-3-5-7-11/h10-11,13-14,16,20H,3-9H2,1-2H3/t13-,14-,16-/m1/s1. The summed E-state index contributed by atoms with van der Waals surface area (Å²) in [5, 5.41) is 14.4. The van der Waals surface area contributed by atoms with Crippen LogP contribution in [0, 0.1) is 0 Å². The molecule has 1 N–H and O–H groups in total. The molecule has 0 saturated heterocycles. The second-order valence-electron chi connectivity index (χ2n) is 6.78. The molecule has 0 bridgehead atoms. The Balaban J connectivity index is 1.67. The lowest BCUT2D eigenvalue weighted by atomic mass is 9.87. The Kier molecular flexibility index (Phi) is 5.02. The van der Waals surface area contributed by atoms with Crippen molar-refractivity contribution in [3.05, 3.63) is 17.5 Å². The SMILES string of the molecule is CO[C@@H]1CC[C@@H](N(C)C(=O)c2cc(C3CCCCC3)no2)[C@H]1O. The normalized spacial score (nSPS) is 28.9. The van der Waals surface area contributed by atoms with Crippen LogP contribution in [0.25, 0.3) is 0 Å². The third kappa shape index (κ3) is 3.28. The van der Waals surface area contributed by atoms with Crippen LogP contribution in [0.5, 0.6) is 0 Å². The van der Waals surface area contributed by atoms with E-state index in [0.29, 0.717) is 5.92 Å². The van der Waals surface area contributed by atoms with Gasteiger partial charge in [0.05, 0.1) is 17.8 Å². The van der Waals surface area contributed by atoms with Gasteiger partial charge in [0.2, 0.25) is 5.76 Å². The van der Waals surface area contributed by atoms with Gasteiger partial charge in [0, 0.05) is 26.1 Å². The predicted molar refractivity (Wildman–Crippen MR) is 84.2 cm³/mol. The van der Waals surface area contributed by atoms with E-state index < -0.39 is 6.10 Å². The van der Waals surface area contributed by atoms with E-state index in [1.807, 2.05) is 0 Å². The fourth-order valence-electron chi connectivity index (χ4n) is 3.91. The van der Waals surface area contributed by atoms with Crippen molar-refractivity contribution in [3.8, 4) is 0 Å². The molecule has 2 fully saturated rings. The molecule has 3 rings (SSSR count). The van der Waals surface area contributed by atoms with Crippen LogP contribution >= 0.6 is 0 Å². The molecule has 6 nitrogen and oxygen atoms in total. The Bertz CT molecular complexity index is 538. The summed E-state index contributed by atoms with van der Waals surface area (Å²) in [6.45, 7) is 0. The summed E-state index contributed by atoms with van der Waals surface area (Å²) < 4.78 is 10.5. The molecule has 2 aliphatic carbocycles. The largest absolute Gasteiger partial charge is 0.388 e. The van der Waals surface area contributed by atoms with Gasteiger partial charge in [0.15, 0.2) is 0 Å². The van der Waals surface area contributed by atoms with Gasteiger partial charge >= 0.3 is 0 Å². The molecule has 1 heterocycles. The molecule has 1 amide bonds. The molecule has 3 atom stereocenters. The smallest absolute Gasteiger partial charge is 0.292 e. The molecule has 0 spiro atoms. The van der Waals surface area contributed by atoms with Gasteiger partial charge in [-0.1, -0.05) is 24.4 Å². The van der Waals surface area contributed by atoms with Crippen LogP contribution < -0.4 is 0 Å². The molecule has 0 unspecified atom stereocenters. The quantitative estimate of drug-likeness (QED) is 0.921. The van der Waals surface area contributed by atoms with Gasteiger partial charge in [0.1, 0.15) is 6.10 Å². The minimum Gasteiger partial charge on any atom is -0.388 e. The van der Waals surface area contributed by atoms with E-state index in [2.05, 4.69) is 5.16 Å². The van der Waals surface area contributed by atoms with E-state index in [4.69, 9.17) is 9.26 Å². The maximum Gasteiger partial charge on any atom is 0.292 e. The highest BCUT2D eigenvalue weighted by Gasteiger charge is 2.39. The zero-order chi connectivity index (χ0) is 16.4. The molecule has 23 heavy (non-hydrogen) atoms. The number of nitrogens with zero attached hydrogens (tertiary/aromatic N) is 2. The zero-order valence-electron chi connectivity index (χ0n) is 13.9. The lowest BCUT2D eigenvalue weighted by Crippen LogP contribution is -2.44. The first-order valence-corrected chi connectivity index (χ1v) is 8.56. The van der Waals surface area contributed by atoms with Gasteiger partial charge in [-0.15, -0.1) is 0 Å². The third-order valence-electron chi connectivity index (χ3n) is 5.41. The number of carbonyl (C=O) groups is 1. The first-order chi connectivity index (χ1) is 11.1.